The highest BCUT2D eigenvalue weighted by molar-refractivity contribution is 5.86. The predicted molar refractivity (Wildman–Crippen MR) is 143 cm³/mol. The maximum atomic E-state index is 13.4. The molecular weight excluding hydrogens is 604 g/mol. The number of aliphatic hydroxyl groups is 1. The van der Waals surface area contributed by atoms with Gasteiger partial charge in [0.2, 0.25) is 0 Å². The maximum absolute atomic E-state index is 13.4. The molecule has 1 aliphatic rings. The Labute approximate surface area is 245 Å². The molecule has 0 saturated carbocycles. The molecule has 1 aromatic heterocycles. The molecule has 10 nitrogen and oxygen atoms in total. The lowest BCUT2D eigenvalue weighted by atomic mass is 9.91. The van der Waals surface area contributed by atoms with E-state index >= 15 is 0 Å². The number of aromatic nitrogens is 2. The summed E-state index contributed by atoms with van der Waals surface area (Å²) in [5, 5.41) is 8.90. The van der Waals surface area contributed by atoms with Gasteiger partial charge in [0.25, 0.3) is 5.56 Å². The van der Waals surface area contributed by atoms with E-state index in [-0.39, 0.29) is 68.7 Å². The van der Waals surface area contributed by atoms with Gasteiger partial charge >= 0.3 is 18.4 Å². The van der Waals surface area contributed by atoms with Gasteiger partial charge in [0.15, 0.2) is 5.90 Å². The molecule has 44 heavy (non-hydrogen) atoms. The summed E-state index contributed by atoms with van der Waals surface area (Å²) in [6, 6.07) is 10.0. The molecule has 1 aliphatic heterocycles. The number of aliphatic hydroxyl groups excluding tert-OH is 1. The van der Waals surface area contributed by atoms with Crippen LogP contribution in [0.4, 0.5) is 32.2 Å². The molecule has 0 radical (unpaired) electrons. The molecule has 1 unspecified atom stereocenters. The predicted octanol–water partition coefficient (Wildman–Crippen LogP) is 4.27. The Hall–Kier alpha value is -4.31. The molecule has 0 spiro atoms. The van der Waals surface area contributed by atoms with E-state index < -0.39 is 41.4 Å². The third-order valence-electron chi connectivity index (χ3n) is 6.49. The van der Waals surface area contributed by atoms with Crippen molar-refractivity contribution in [3.05, 3.63) is 80.5 Å². The van der Waals surface area contributed by atoms with Crippen LogP contribution >= 0.6 is 0 Å². The number of nitrogens with zero attached hydrogens (tertiary/aromatic N) is 3. The van der Waals surface area contributed by atoms with Crippen LogP contribution in [0.25, 0.3) is 0 Å². The zero-order valence-electron chi connectivity index (χ0n) is 23.2. The normalized spacial score (nSPS) is 15.0. The van der Waals surface area contributed by atoms with Gasteiger partial charge in [-0.1, -0.05) is 18.2 Å². The molecule has 0 saturated heterocycles. The van der Waals surface area contributed by atoms with Crippen molar-refractivity contribution in [1.82, 2.24) is 9.13 Å². The topological polar surface area (TPSA) is 114 Å². The number of hydrogen-bond donors (Lipinski definition) is 1. The van der Waals surface area contributed by atoms with Gasteiger partial charge in [0.1, 0.15) is 23.1 Å². The monoisotopic (exact) mass is 631 g/mol. The first-order valence-corrected chi connectivity index (χ1v) is 13.2. The van der Waals surface area contributed by atoms with Crippen LogP contribution in [-0.2, 0) is 31.2 Å². The Morgan fingerprint density at radius 2 is 1.57 bits per heavy atom. The van der Waals surface area contributed by atoms with Gasteiger partial charge < -0.3 is 24.1 Å². The number of aliphatic imine (C=N–C) groups is 1. The van der Waals surface area contributed by atoms with Crippen LogP contribution in [0, 0.1) is 5.92 Å². The van der Waals surface area contributed by atoms with E-state index in [0.29, 0.717) is 5.56 Å². The number of fused-ring (bicyclic) bond motifs is 1. The molecule has 16 heteroatoms. The summed E-state index contributed by atoms with van der Waals surface area (Å²) in [6.45, 7) is -0.360. The van der Waals surface area contributed by atoms with Crippen LogP contribution in [0.3, 0.4) is 0 Å². The second-order valence-corrected chi connectivity index (χ2v) is 9.65. The lowest BCUT2D eigenvalue weighted by molar-refractivity contribution is -0.275. The van der Waals surface area contributed by atoms with E-state index in [4.69, 9.17) is 14.6 Å². The number of halogens is 6. The molecule has 238 valence electrons. The fourth-order valence-corrected chi connectivity index (χ4v) is 4.62. The molecule has 0 fully saturated rings. The summed E-state index contributed by atoms with van der Waals surface area (Å²) in [7, 11) is 1.39. The van der Waals surface area contributed by atoms with E-state index in [9.17, 15) is 35.9 Å². The molecule has 4 rings (SSSR count). The summed E-state index contributed by atoms with van der Waals surface area (Å²) >= 11 is 0. The highest BCUT2D eigenvalue weighted by atomic mass is 19.4. The van der Waals surface area contributed by atoms with Gasteiger partial charge in [-0.2, -0.15) is 4.99 Å². The van der Waals surface area contributed by atoms with Crippen molar-refractivity contribution in [1.29, 1.82) is 0 Å². The average molecular weight is 632 g/mol. The first kappa shape index (κ1) is 32.6. The van der Waals surface area contributed by atoms with E-state index in [0.717, 1.165) is 27.3 Å². The van der Waals surface area contributed by atoms with Crippen molar-refractivity contribution in [2.45, 2.75) is 38.5 Å². The van der Waals surface area contributed by atoms with E-state index in [1.807, 2.05) is 0 Å². The zero-order valence-corrected chi connectivity index (χ0v) is 23.2. The number of rotatable bonds is 11. The minimum absolute atomic E-state index is 0.00387. The lowest BCUT2D eigenvalue weighted by Gasteiger charge is -2.26. The quantitative estimate of drug-likeness (QED) is 0.249. The summed E-state index contributed by atoms with van der Waals surface area (Å²) in [6.07, 6.45) is -9.47. The van der Waals surface area contributed by atoms with Gasteiger partial charge in [-0.3, -0.25) is 13.9 Å². The Balaban J connectivity index is 1.68. The second kappa shape index (κ2) is 13.5. The summed E-state index contributed by atoms with van der Waals surface area (Å²) in [5.41, 5.74) is -0.708. The molecule has 1 atom stereocenters. The SMILES string of the molecule is Cn1c2c(c(=O)n(CCOCCO)c1=O)CC(CCc1cccc(OC(F)(F)F)c1)C(Oc1cccc(OC(F)(F)F)c1)=N2. The summed E-state index contributed by atoms with van der Waals surface area (Å²) < 4.78 is 97.5. The minimum Gasteiger partial charge on any atom is -0.442 e. The lowest BCUT2D eigenvalue weighted by Crippen LogP contribution is -2.44. The maximum Gasteiger partial charge on any atom is 0.573 e. The highest BCUT2D eigenvalue weighted by Crippen LogP contribution is 2.32. The fourth-order valence-electron chi connectivity index (χ4n) is 4.62. The molecule has 2 heterocycles. The van der Waals surface area contributed by atoms with Crippen LogP contribution in [0.15, 0.2) is 63.1 Å². The molecule has 0 amide bonds. The second-order valence-electron chi connectivity index (χ2n) is 9.65. The number of ether oxygens (including phenoxy) is 4. The standard InChI is InChI=1S/C28H27F6N3O7/c1-36-23-22(25(39)37(26(36)40)10-12-41-13-11-38)15-18(9-8-17-4-2-6-20(14-17)43-27(29,30)31)24(35-23)42-19-5-3-7-21(16-19)44-28(32,33)34/h2-7,14,16,18,38H,8-13,15H2,1H3. The van der Waals surface area contributed by atoms with Crippen molar-refractivity contribution in [3.8, 4) is 17.2 Å². The molecule has 1 N–H and O–H groups in total. The molecular formula is C28H27F6N3O7. The van der Waals surface area contributed by atoms with Crippen LogP contribution in [0.5, 0.6) is 17.2 Å². The number of alkyl halides is 6. The van der Waals surface area contributed by atoms with Crippen molar-refractivity contribution in [2.75, 3.05) is 19.8 Å². The van der Waals surface area contributed by atoms with Crippen molar-refractivity contribution in [2.24, 2.45) is 18.0 Å². The Morgan fingerprint density at radius 3 is 2.23 bits per heavy atom. The van der Waals surface area contributed by atoms with Gasteiger partial charge in [0.05, 0.1) is 31.9 Å². The molecule has 3 aromatic rings. The minimum atomic E-state index is -4.95. The molecule has 2 aromatic carbocycles. The van der Waals surface area contributed by atoms with Crippen LogP contribution in [-0.4, -0.2) is 52.7 Å². The number of benzene rings is 2. The third kappa shape index (κ3) is 8.63. The third-order valence-corrected chi connectivity index (χ3v) is 6.49. The van der Waals surface area contributed by atoms with Gasteiger partial charge in [0, 0.05) is 19.0 Å². The van der Waals surface area contributed by atoms with Crippen LogP contribution in [0.2, 0.25) is 0 Å². The largest absolute Gasteiger partial charge is 0.573 e. The number of hydrogen-bond acceptors (Lipinski definition) is 8. The Kier molecular flexibility index (Phi) is 10.0. The van der Waals surface area contributed by atoms with Gasteiger partial charge in [-0.25, -0.2) is 4.79 Å². The Morgan fingerprint density at radius 1 is 0.932 bits per heavy atom. The van der Waals surface area contributed by atoms with Gasteiger partial charge in [-0.15, -0.1) is 26.3 Å². The van der Waals surface area contributed by atoms with Crippen LogP contribution in [0.1, 0.15) is 17.5 Å². The summed E-state index contributed by atoms with van der Waals surface area (Å²) in [5.74, 6) is -1.75. The van der Waals surface area contributed by atoms with Crippen molar-refractivity contribution in [3.63, 3.8) is 0 Å². The van der Waals surface area contributed by atoms with Crippen LogP contribution < -0.4 is 25.5 Å². The molecule has 0 bridgehead atoms. The zero-order chi connectivity index (χ0) is 32.1. The average Bonchev–Trinajstić information content (AvgIpc) is 2.93. The molecule has 0 aliphatic carbocycles. The first-order chi connectivity index (χ1) is 20.7. The highest BCUT2D eigenvalue weighted by Gasteiger charge is 2.33. The van der Waals surface area contributed by atoms with E-state index in [1.54, 1.807) is 6.07 Å². The van der Waals surface area contributed by atoms with Crippen molar-refractivity contribution < 1.29 is 50.4 Å². The fraction of sp³-hybridized carbons (Fsp3) is 0.393. The summed E-state index contributed by atoms with van der Waals surface area (Å²) in [4.78, 5) is 30.8. The Bertz CT molecular complexity index is 1610. The first-order valence-electron chi connectivity index (χ1n) is 13.2. The van der Waals surface area contributed by atoms with E-state index in [2.05, 4.69) is 14.5 Å². The van der Waals surface area contributed by atoms with E-state index in [1.165, 1.54) is 31.3 Å². The number of aryl methyl sites for hydroxylation is 1. The van der Waals surface area contributed by atoms with Gasteiger partial charge in [-0.05, 0) is 49.1 Å². The smallest absolute Gasteiger partial charge is 0.442 e. The van der Waals surface area contributed by atoms with Crippen molar-refractivity contribution >= 4 is 11.7 Å².